The topological polar surface area (TPSA) is 109 Å². The van der Waals surface area contributed by atoms with E-state index in [0.717, 1.165) is 25.7 Å². The van der Waals surface area contributed by atoms with Crippen molar-refractivity contribution in [2.24, 2.45) is 10.2 Å². The van der Waals surface area contributed by atoms with E-state index >= 15 is 0 Å². The van der Waals surface area contributed by atoms with Crippen molar-refractivity contribution in [3.8, 4) is 23.4 Å². The monoisotopic (exact) mass is 382 g/mol. The van der Waals surface area contributed by atoms with Crippen LogP contribution in [0.5, 0.6) is 17.4 Å². The molecule has 1 aliphatic rings. The molecule has 0 unspecified atom stereocenters. The minimum atomic E-state index is -0.452. The molecule has 0 amide bonds. The summed E-state index contributed by atoms with van der Waals surface area (Å²) >= 11 is 0. The second-order valence-electron chi connectivity index (χ2n) is 6.64. The molecule has 1 aliphatic carbocycles. The van der Waals surface area contributed by atoms with E-state index in [-0.39, 0.29) is 23.2 Å². The van der Waals surface area contributed by atoms with E-state index < -0.39 is 5.56 Å². The molecule has 1 heterocycles. The van der Waals surface area contributed by atoms with Crippen LogP contribution in [0.25, 0.3) is 0 Å². The van der Waals surface area contributed by atoms with Crippen LogP contribution in [0, 0.1) is 18.3 Å². The van der Waals surface area contributed by atoms with Gasteiger partial charge in [-0.25, -0.2) is 0 Å². The van der Waals surface area contributed by atoms with E-state index in [0.29, 0.717) is 22.7 Å². The van der Waals surface area contributed by atoms with E-state index in [9.17, 15) is 15.2 Å². The number of pyridine rings is 1. The Morgan fingerprint density at radius 1 is 1.21 bits per heavy atom. The van der Waals surface area contributed by atoms with Crippen LogP contribution in [-0.4, -0.2) is 23.9 Å². The molecule has 0 bridgehead atoms. The molecule has 0 atom stereocenters. The van der Waals surface area contributed by atoms with Crippen LogP contribution < -0.4 is 15.0 Å². The molecule has 8 nitrogen and oxygen atoms in total. The smallest absolute Gasteiger partial charge is 0.281 e. The standard InChI is InChI=1S/C20H22N4O4/c1-12-15(11-21)19(25)24(13-6-4-5-7-13)20(26)18(12)23-22-16-10-14(27-2)8-9-17(16)28-3/h8-10,13,25H,4-7H2,1-3H3. The Hall–Kier alpha value is -3.34. The second-order valence-corrected chi connectivity index (χ2v) is 6.64. The summed E-state index contributed by atoms with van der Waals surface area (Å²) in [7, 11) is 3.04. The zero-order valence-corrected chi connectivity index (χ0v) is 16.1. The van der Waals surface area contributed by atoms with Gasteiger partial charge in [0.25, 0.3) is 5.56 Å². The summed E-state index contributed by atoms with van der Waals surface area (Å²) in [5, 5.41) is 28.3. The Balaban J connectivity index is 2.15. The molecule has 146 valence electrons. The van der Waals surface area contributed by atoms with Crippen molar-refractivity contribution in [1.82, 2.24) is 4.57 Å². The number of rotatable bonds is 5. The number of aromatic nitrogens is 1. The van der Waals surface area contributed by atoms with Crippen LogP contribution in [0.3, 0.4) is 0 Å². The zero-order chi connectivity index (χ0) is 20.3. The third kappa shape index (κ3) is 3.43. The maximum atomic E-state index is 13.0. The quantitative estimate of drug-likeness (QED) is 0.776. The van der Waals surface area contributed by atoms with Crippen molar-refractivity contribution in [1.29, 1.82) is 5.26 Å². The van der Waals surface area contributed by atoms with Crippen molar-refractivity contribution in [3.63, 3.8) is 0 Å². The summed E-state index contributed by atoms with van der Waals surface area (Å²) in [5.74, 6) is 0.741. The number of aromatic hydroxyl groups is 1. The summed E-state index contributed by atoms with van der Waals surface area (Å²) < 4.78 is 11.8. The molecule has 0 spiro atoms. The Bertz CT molecular complexity index is 1010. The Morgan fingerprint density at radius 2 is 1.93 bits per heavy atom. The van der Waals surface area contributed by atoms with Gasteiger partial charge in [-0.2, -0.15) is 5.26 Å². The molecular formula is C20H22N4O4. The highest BCUT2D eigenvalue weighted by atomic mass is 16.5. The Labute approximate surface area is 162 Å². The van der Waals surface area contributed by atoms with Gasteiger partial charge in [-0.3, -0.25) is 9.36 Å². The highest BCUT2D eigenvalue weighted by Gasteiger charge is 2.26. The first-order chi connectivity index (χ1) is 13.5. The molecule has 1 N–H and O–H groups in total. The lowest BCUT2D eigenvalue weighted by Crippen LogP contribution is -2.24. The van der Waals surface area contributed by atoms with Gasteiger partial charge in [-0.1, -0.05) is 12.8 Å². The minimum Gasteiger partial charge on any atom is -0.497 e. The first-order valence-electron chi connectivity index (χ1n) is 9.03. The number of azo groups is 1. The lowest BCUT2D eigenvalue weighted by molar-refractivity contribution is 0.368. The van der Waals surface area contributed by atoms with Gasteiger partial charge in [0.2, 0.25) is 5.88 Å². The predicted molar refractivity (Wildman–Crippen MR) is 103 cm³/mol. The van der Waals surface area contributed by atoms with Crippen LogP contribution in [0.2, 0.25) is 0 Å². The van der Waals surface area contributed by atoms with Crippen LogP contribution >= 0.6 is 0 Å². The van der Waals surface area contributed by atoms with Crippen LogP contribution in [0.15, 0.2) is 33.2 Å². The summed E-state index contributed by atoms with van der Waals surface area (Å²) in [5.41, 5.74) is 0.306. The van der Waals surface area contributed by atoms with Crippen molar-refractivity contribution in [2.75, 3.05) is 14.2 Å². The second kappa shape index (κ2) is 8.13. The summed E-state index contributed by atoms with van der Waals surface area (Å²) in [4.78, 5) is 13.0. The van der Waals surface area contributed by atoms with Gasteiger partial charge < -0.3 is 14.6 Å². The highest BCUT2D eigenvalue weighted by molar-refractivity contribution is 5.58. The minimum absolute atomic E-state index is 0.0334. The molecule has 1 fully saturated rings. The van der Waals surface area contributed by atoms with Crippen LogP contribution in [0.4, 0.5) is 11.4 Å². The maximum absolute atomic E-state index is 13.0. The van der Waals surface area contributed by atoms with Gasteiger partial charge in [0.1, 0.15) is 28.8 Å². The molecule has 0 aliphatic heterocycles. The number of hydrogen-bond acceptors (Lipinski definition) is 7. The molecule has 1 aromatic heterocycles. The number of nitriles is 1. The molecular weight excluding hydrogens is 360 g/mol. The molecule has 0 saturated heterocycles. The first-order valence-corrected chi connectivity index (χ1v) is 9.03. The average molecular weight is 382 g/mol. The first kappa shape index (κ1) is 19.4. The number of ether oxygens (including phenoxy) is 2. The maximum Gasteiger partial charge on any atom is 0.281 e. The lowest BCUT2D eigenvalue weighted by atomic mass is 10.1. The fourth-order valence-electron chi connectivity index (χ4n) is 3.51. The largest absolute Gasteiger partial charge is 0.497 e. The predicted octanol–water partition coefficient (Wildman–Crippen LogP) is 4.28. The third-order valence-corrected chi connectivity index (χ3v) is 5.05. The van der Waals surface area contributed by atoms with Gasteiger partial charge in [0.05, 0.1) is 14.2 Å². The van der Waals surface area contributed by atoms with E-state index in [1.54, 1.807) is 25.1 Å². The molecule has 2 aromatic rings. The van der Waals surface area contributed by atoms with Crippen molar-refractivity contribution in [3.05, 3.63) is 39.7 Å². The summed E-state index contributed by atoms with van der Waals surface area (Å²) in [6.45, 7) is 1.58. The molecule has 1 aromatic carbocycles. The molecule has 8 heteroatoms. The number of benzene rings is 1. The van der Waals surface area contributed by atoms with E-state index in [4.69, 9.17) is 9.47 Å². The van der Waals surface area contributed by atoms with Crippen LogP contribution in [-0.2, 0) is 0 Å². The molecule has 3 rings (SSSR count). The van der Waals surface area contributed by atoms with E-state index in [1.165, 1.54) is 18.8 Å². The third-order valence-electron chi connectivity index (χ3n) is 5.05. The fourth-order valence-corrected chi connectivity index (χ4v) is 3.51. The van der Waals surface area contributed by atoms with Crippen LogP contribution in [0.1, 0.15) is 42.9 Å². The van der Waals surface area contributed by atoms with Crippen molar-refractivity contribution < 1.29 is 14.6 Å². The number of hydrogen-bond donors (Lipinski definition) is 1. The van der Waals surface area contributed by atoms with E-state index in [2.05, 4.69) is 10.2 Å². The summed E-state index contributed by atoms with van der Waals surface area (Å²) in [6, 6.07) is 6.89. The number of nitrogens with zero attached hydrogens (tertiary/aromatic N) is 4. The number of methoxy groups -OCH3 is 2. The van der Waals surface area contributed by atoms with Crippen molar-refractivity contribution >= 4 is 11.4 Å². The Morgan fingerprint density at radius 3 is 2.54 bits per heavy atom. The lowest BCUT2D eigenvalue weighted by Gasteiger charge is -2.18. The SMILES string of the molecule is COc1ccc(OC)c(N=Nc2c(C)c(C#N)c(O)n(C3CCCC3)c2=O)c1. The normalized spacial score (nSPS) is 14.4. The van der Waals surface area contributed by atoms with E-state index in [1.807, 2.05) is 6.07 Å². The highest BCUT2D eigenvalue weighted by Crippen LogP contribution is 2.36. The molecule has 0 radical (unpaired) electrons. The Kier molecular flexibility index (Phi) is 5.64. The van der Waals surface area contributed by atoms with Gasteiger partial charge in [-0.15, -0.1) is 10.2 Å². The average Bonchev–Trinajstić information content (AvgIpc) is 3.22. The van der Waals surface area contributed by atoms with Crippen molar-refractivity contribution in [2.45, 2.75) is 38.6 Å². The molecule has 1 saturated carbocycles. The van der Waals surface area contributed by atoms with Gasteiger partial charge in [0, 0.05) is 17.7 Å². The van der Waals surface area contributed by atoms with Gasteiger partial charge in [0.15, 0.2) is 5.69 Å². The zero-order valence-electron chi connectivity index (χ0n) is 16.1. The summed E-state index contributed by atoms with van der Waals surface area (Å²) in [6.07, 6.45) is 3.51. The molecule has 28 heavy (non-hydrogen) atoms. The van der Waals surface area contributed by atoms with Gasteiger partial charge in [-0.05, 0) is 31.9 Å². The fraction of sp³-hybridized carbons (Fsp3) is 0.400. The van der Waals surface area contributed by atoms with Gasteiger partial charge >= 0.3 is 0 Å².